The summed E-state index contributed by atoms with van der Waals surface area (Å²) in [6.07, 6.45) is -5.57. The van der Waals surface area contributed by atoms with E-state index in [1.54, 1.807) is 6.92 Å². The van der Waals surface area contributed by atoms with Crippen LogP contribution >= 0.6 is 11.8 Å². The summed E-state index contributed by atoms with van der Waals surface area (Å²) in [5.41, 5.74) is 3.58. The van der Waals surface area contributed by atoms with Crippen molar-refractivity contribution in [3.63, 3.8) is 0 Å². The van der Waals surface area contributed by atoms with Crippen molar-refractivity contribution >= 4 is 28.7 Å². The Bertz CT molecular complexity index is 1110. The first-order valence-corrected chi connectivity index (χ1v) is 10.4. The summed E-state index contributed by atoms with van der Waals surface area (Å²) in [6.45, 7) is 0.994. The van der Waals surface area contributed by atoms with Gasteiger partial charge in [0.05, 0.1) is 24.7 Å². The zero-order valence-corrected chi connectivity index (χ0v) is 17.6. The number of nitrogens with two attached hydrogens (primary N) is 1. The number of thioether (sulfide) groups is 1. The van der Waals surface area contributed by atoms with Crippen molar-refractivity contribution in [1.82, 2.24) is 9.97 Å². The molecule has 0 bridgehead atoms. The van der Waals surface area contributed by atoms with Gasteiger partial charge >= 0.3 is 12.3 Å². The summed E-state index contributed by atoms with van der Waals surface area (Å²) in [7, 11) is 0. The molecular weight excluding hydrogens is 473 g/mol. The molecule has 3 atom stereocenters. The van der Waals surface area contributed by atoms with Gasteiger partial charge in [-0.05, 0) is 13.0 Å². The smallest absolute Gasteiger partial charge is 0.389 e. The van der Waals surface area contributed by atoms with Crippen LogP contribution in [0.2, 0.25) is 0 Å². The Morgan fingerprint density at radius 2 is 2.06 bits per heavy atom. The number of rotatable bonds is 3. The van der Waals surface area contributed by atoms with E-state index in [1.807, 2.05) is 0 Å². The lowest BCUT2D eigenvalue weighted by molar-refractivity contribution is -0.215. The number of hydrogen-bond donors (Lipinski definition) is 2. The minimum absolute atomic E-state index is 0.0896. The summed E-state index contributed by atoms with van der Waals surface area (Å²) in [5, 5.41) is 2.11. The van der Waals surface area contributed by atoms with E-state index in [4.69, 9.17) is 15.2 Å². The van der Waals surface area contributed by atoms with Crippen molar-refractivity contribution in [3.8, 4) is 5.88 Å². The fourth-order valence-electron chi connectivity index (χ4n) is 3.74. The molecular formula is C19H16F5N5O3S. The molecule has 14 heteroatoms. The lowest BCUT2D eigenvalue weighted by atomic mass is 9.78. The molecule has 2 aliphatic heterocycles. The summed E-state index contributed by atoms with van der Waals surface area (Å²) >= 11 is 0.864. The first-order valence-electron chi connectivity index (χ1n) is 9.43. The third-order valence-corrected chi connectivity index (χ3v) is 6.11. The van der Waals surface area contributed by atoms with Gasteiger partial charge in [-0.3, -0.25) is 10.3 Å². The SMILES string of the molecule is Cc1cnc(OC(=O)Nc2cc(F)c(F)c([C@]34CO[C@H](C(F)(F)F)[C@H]3CSC(N)=N4)c2)cn1. The molecule has 8 nitrogen and oxygen atoms in total. The highest BCUT2D eigenvalue weighted by Crippen LogP contribution is 2.52. The number of ether oxygens (including phenoxy) is 2. The van der Waals surface area contributed by atoms with Crippen LogP contribution in [-0.2, 0) is 10.3 Å². The number of aryl methyl sites for hydroxylation is 1. The Morgan fingerprint density at radius 3 is 2.73 bits per heavy atom. The lowest BCUT2D eigenvalue weighted by Crippen LogP contribution is -2.46. The van der Waals surface area contributed by atoms with E-state index in [0.717, 1.165) is 17.8 Å². The molecule has 1 fully saturated rings. The van der Waals surface area contributed by atoms with Crippen LogP contribution in [0.15, 0.2) is 29.5 Å². The summed E-state index contributed by atoms with van der Waals surface area (Å²) in [4.78, 5) is 24.0. The van der Waals surface area contributed by atoms with Gasteiger partial charge in [0.1, 0.15) is 5.54 Å². The molecule has 0 radical (unpaired) electrons. The minimum Gasteiger partial charge on any atom is -0.389 e. The lowest BCUT2D eigenvalue weighted by Gasteiger charge is -2.36. The van der Waals surface area contributed by atoms with E-state index < -0.39 is 53.6 Å². The van der Waals surface area contributed by atoms with Crippen molar-refractivity contribution in [2.45, 2.75) is 24.7 Å². The van der Waals surface area contributed by atoms with Gasteiger partial charge in [0.2, 0.25) is 5.88 Å². The average Bonchev–Trinajstić information content (AvgIpc) is 3.12. The molecule has 2 aliphatic rings. The van der Waals surface area contributed by atoms with Crippen molar-refractivity contribution in [2.75, 3.05) is 17.7 Å². The average molecular weight is 489 g/mol. The van der Waals surface area contributed by atoms with Gasteiger partial charge < -0.3 is 15.2 Å². The first-order chi connectivity index (χ1) is 15.5. The van der Waals surface area contributed by atoms with Gasteiger partial charge in [0, 0.05) is 29.0 Å². The Labute approximate surface area is 187 Å². The number of carbonyl (C=O) groups is 1. The normalized spacial score (nSPS) is 24.7. The molecule has 3 heterocycles. The van der Waals surface area contributed by atoms with Crippen LogP contribution in [0.1, 0.15) is 11.3 Å². The second-order valence-electron chi connectivity index (χ2n) is 7.40. The zero-order chi connectivity index (χ0) is 24.0. The van der Waals surface area contributed by atoms with Crippen molar-refractivity contribution in [1.29, 1.82) is 0 Å². The summed E-state index contributed by atoms with van der Waals surface area (Å²) in [5.74, 6) is -4.52. The van der Waals surface area contributed by atoms with Crippen LogP contribution in [0.5, 0.6) is 5.88 Å². The fraction of sp³-hybridized carbons (Fsp3) is 0.368. The van der Waals surface area contributed by atoms with E-state index in [0.29, 0.717) is 11.8 Å². The molecule has 1 aromatic carbocycles. The Kier molecular flexibility index (Phi) is 5.90. The van der Waals surface area contributed by atoms with Gasteiger partial charge in [-0.15, -0.1) is 0 Å². The molecule has 33 heavy (non-hydrogen) atoms. The molecule has 4 rings (SSSR count). The third-order valence-electron chi connectivity index (χ3n) is 5.20. The molecule has 2 aromatic rings. The van der Waals surface area contributed by atoms with Gasteiger partial charge in [0.25, 0.3) is 0 Å². The highest BCUT2D eigenvalue weighted by atomic mass is 32.2. The predicted molar refractivity (Wildman–Crippen MR) is 108 cm³/mol. The van der Waals surface area contributed by atoms with E-state index >= 15 is 0 Å². The maximum Gasteiger partial charge on any atom is 0.418 e. The number of halogens is 5. The summed E-state index contributed by atoms with van der Waals surface area (Å²) < 4.78 is 79.8. The number of alkyl halides is 3. The van der Waals surface area contributed by atoms with Crippen LogP contribution < -0.4 is 15.8 Å². The molecule has 1 saturated heterocycles. The Morgan fingerprint density at radius 1 is 1.30 bits per heavy atom. The Balaban J connectivity index is 1.68. The quantitative estimate of drug-likeness (QED) is 0.635. The van der Waals surface area contributed by atoms with Crippen LogP contribution in [0, 0.1) is 24.5 Å². The molecule has 1 aromatic heterocycles. The monoisotopic (exact) mass is 489 g/mol. The maximum absolute atomic E-state index is 14.9. The van der Waals surface area contributed by atoms with Crippen LogP contribution in [0.25, 0.3) is 0 Å². The second kappa shape index (κ2) is 8.41. The summed E-state index contributed by atoms with van der Waals surface area (Å²) in [6, 6.07) is 1.65. The number of aliphatic imine (C=N–C) groups is 1. The number of nitrogens with one attached hydrogen (secondary N) is 1. The van der Waals surface area contributed by atoms with Crippen LogP contribution in [0.3, 0.4) is 0 Å². The van der Waals surface area contributed by atoms with E-state index in [-0.39, 0.29) is 22.5 Å². The van der Waals surface area contributed by atoms with Crippen molar-refractivity contribution in [3.05, 3.63) is 47.4 Å². The van der Waals surface area contributed by atoms with Crippen molar-refractivity contribution in [2.24, 2.45) is 16.6 Å². The molecule has 0 saturated carbocycles. The zero-order valence-electron chi connectivity index (χ0n) is 16.8. The molecule has 3 N–H and O–H groups in total. The number of aromatic nitrogens is 2. The van der Waals surface area contributed by atoms with Gasteiger partial charge in [-0.1, -0.05) is 11.8 Å². The van der Waals surface area contributed by atoms with Gasteiger partial charge in [0.15, 0.2) is 22.9 Å². The van der Waals surface area contributed by atoms with Crippen LogP contribution in [0.4, 0.5) is 32.4 Å². The number of anilines is 1. The predicted octanol–water partition coefficient (Wildman–Crippen LogP) is 3.51. The Hall–Kier alpha value is -3.00. The van der Waals surface area contributed by atoms with Crippen LogP contribution in [-0.4, -0.2) is 45.9 Å². The largest absolute Gasteiger partial charge is 0.418 e. The first kappa shape index (κ1) is 23.2. The fourth-order valence-corrected chi connectivity index (χ4v) is 4.77. The number of benzene rings is 1. The number of nitrogens with zero attached hydrogens (tertiary/aromatic N) is 3. The van der Waals surface area contributed by atoms with Gasteiger partial charge in [-0.2, -0.15) is 13.2 Å². The standard InChI is InChI=1S/C19H16F5N5O3S/c1-8-4-27-13(5-26-8)32-17(30)28-9-2-10(14(21)12(20)3-9)18-7-31-15(19(22,23)24)11(18)6-33-16(25)29-18/h2-5,11,15H,6-7H2,1H3,(H2,25,29)(H,28,30)/t11-,15+,18-/m1/s1. The molecule has 0 aliphatic carbocycles. The molecule has 1 amide bonds. The van der Waals surface area contributed by atoms with Crippen molar-refractivity contribution < 1.29 is 36.2 Å². The van der Waals surface area contributed by atoms with Gasteiger partial charge in [-0.25, -0.2) is 23.6 Å². The highest BCUT2D eigenvalue weighted by Gasteiger charge is 2.62. The number of hydrogen-bond acceptors (Lipinski definition) is 8. The maximum atomic E-state index is 14.9. The number of amidine groups is 1. The number of amides is 1. The van der Waals surface area contributed by atoms with E-state index in [9.17, 15) is 26.7 Å². The number of fused-ring (bicyclic) bond motifs is 1. The highest BCUT2D eigenvalue weighted by molar-refractivity contribution is 8.13. The topological polar surface area (TPSA) is 112 Å². The third kappa shape index (κ3) is 4.44. The molecule has 0 unspecified atom stereocenters. The molecule has 0 spiro atoms. The second-order valence-corrected chi connectivity index (χ2v) is 8.44. The molecule has 176 valence electrons. The van der Waals surface area contributed by atoms with E-state index in [2.05, 4.69) is 20.3 Å². The minimum atomic E-state index is -4.75. The van der Waals surface area contributed by atoms with E-state index in [1.165, 1.54) is 12.4 Å². The number of carbonyl (C=O) groups excluding carboxylic acids is 1.